The maximum atomic E-state index is 5.73. The first kappa shape index (κ1) is 15.5. The largest absolute Gasteiger partial charge is 0.330 e. The Labute approximate surface area is 124 Å². The van der Waals surface area contributed by atoms with Gasteiger partial charge in [0, 0.05) is 12.6 Å². The summed E-state index contributed by atoms with van der Waals surface area (Å²) >= 11 is 0. The topological polar surface area (TPSA) is 29.3 Å². The summed E-state index contributed by atoms with van der Waals surface area (Å²) in [6.45, 7) is 7.83. The van der Waals surface area contributed by atoms with Crippen LogP contribution in [0, 0.1) is 5.41 Å². The molecule has 112 valence electrons. The van der Waals surface area contributed by atoms with E-state index in [1.165, 1.54) is 31.2 Å². The van der Waals surface area contributed by atoms with Gasteiger partial charge in [0.05, 0.1) is 0 Å². The minimum absolute atomic E-state index is 0.501. The summed E-state index contributed by atoms with van der Waals surface area (Å²) < 4.78 is 0. The Balaban J connectivity index is 2.02. The Morgan fingerprint density at radius 2 is 2.00 bits per heavy atom. The molecule has 2 N–H and O–H groups in total. The second-order valence-corrected chi connectivity index (χ2v) is 7.01. The molecule has 0 aromatic heterocycles. The molecular formula is C18H30N2. The zero-order valence-corrected chi connectivity index (χ0v) is 13.1. The molecule has 1 aromatic rings. The number of benzene rings is 1. The minimum Gasteiger partial charge on any atom is -0.330 e. The number of nitrogens with two attached hydrogens (primary N) is 1. The van der Waals surface area contributed by atoms with Crippen molar-refractivity contribution in [2.24, 2.45) is 11.1 Å². The monoisotopic (exact) mass is 274 g/mol. The molecule has 2 rings (SSSR count). The van der Waals surface area contributed by atoms with Crippen LogP contribution in [0.15, 0.2) is 30.3 Å². The molecule has 20 heavy (non-hydrogen) atoms. The molecule has 0 saturated heterocycles. The third-order valence-electron chi connectivity index (χ3n) is 4.57. The summed E-state index contributed by atoms with van der Waals surface area (Å²) in [5.74, 6) is 0. The van der Waals surface area contributed by atoms with Crippen molar-refractivity contribution in [2.45, 2.75) is 58.5 Å². The molecule has 0 amide bonds. The molecule has 2 nitrogen and oxygen atoms in total. The Bertz CT molecular complexity index is 386. The highest BCUT2D eigenvalue weighted by atomic mass is 15.2. The van der Waals surface area contributed by atoms with Gasteiger partial charge in [0.25, 0.3) is 0 Å². The van der Waals surface area contributed by atoms with Gasteiger partial charge in [0.1, 0.15) is 0 Å². The van der Waals surface area contributed by atoms with Gasteiger partial charge in [0.2, 0.25) is 0 Å². The number of rotatable bonds is 6. The van der Waals surface area contributed by atoms with Crippen LogP contribution in [0.2, 0.25) is 0 Å². The van der Waals surface area contributed by atoms with Crippen molar-refractivity contribution < 1.29 is 0 Å². The highest BCUT2D eigenvalue weighted by Crippen LogP contribution is 2.37. The van der Waals surface area contributed by atoms with Gasteiger partial charge in [-0.3, -0.25) is 4.90 Å². The predicted octanol–water partition coefficient (Wildman–Crippen LogP) is 3.81. The number of hydrogen-bond acceptors (Lipinski definition) is 2. The Kier molecular flexibility index (Phi) is 5.62. The first-order valence-electron chi connectivity index (χ1n) is 8.09. The van der Waals surface area contributed by atoms with Gasteiger partial charge in [0.15, 0.2) is 0 Å². The summed E-state index contributed by atoms with van der Waals surface area (Å²) in [7, 11) is 0. The van der Waals surface area contributed by atoms with E-state index >= 15 is 0 Å². The molecule has 1 aliphatic rings. The third kappa shape index (κ3) is 4.60. The molecule has 1 fully saturated rings. The van der Waals surface area contributed by atoms with E-state index in [1.54, 1.807) is 0 Å². The third-order valence-corrected chi connectivity index (χ3v) is 4.57. The SMILES string of the molecule is CC1(C)CCCC(N(CCCN)Cc2ccccc2)C1. The molecule has 1 saturated carbocycles. The molecule has 1 aromatic carbocycles. The van der Waals surface area contributed by atoms with Crippen molar-refractivity contribution in [1.29, 1.82) is 0 Å². The highest BCUT2D eigenvalue weighted by molar-refractivity contribution is 5.14. The molecule has 1 aliphatic carbocycles. The van der Waals surface area contributed by atoms with E-state index < -0.39 is 0 Å². The zero-order valence-electron chi connectivity index (χ0n) is 13.1. The maximum Gasteiger partial charge on any atom is 0.0236 e. The lowest BCUT2D eigenvalue weighted by atomic mass is 9.74. The zero-order chi connectivity index (χ0) is 14.4. The Morgan fingerprint density at radius 3 is 2.65 bits per heavy atom. The van der Waals surface area contributed by atoms with Crippen LogP contribution in [-0.2, 0) is 6.54 Å². The van der Waals surface area contributed by atoms with E-state index in [4.69, 9.17) is 5.73 Å². The van der Waals surface area contributed by atoms with Gasteiger partial charge in [-0.1, -0.05) is 50.6 Å². The van der Waals surface area contributed by atoms with Crippen LogP contribution in [0.1, 0.15) is 51.5 Å². The van der Waals surface area contributed by atoms with Crippen LogP contribution in [0.5, 0.6) is 0 Å². The van der Waals surface area contributed by atoms with E-state index in [9.17, 15) is 0 Å². The van der Waals surface area contributed by atoms with Gasteiger partial charge in [-0.15, -0.1) is 0 Å². The summed E-state index contributed by atoms with van der Waals surface area (Å²) in [6, 6.07) is 11.6. The fourth-order valence-corrected chi connectivity index (χ4v) is 3.47. The average Bonchev–Trinajstić information content (AvgIpc) is 2.43. The van der Waals surface area contributed by atoms with E-state index in [-0.39, 0.29) is 0 Å². The summed E-state index contributed by atoms with van der Waals surface area (Å²) in [4.78, 5) is 2.67. The van der Waals surface area contributed by atoms with Crippen LogP contribution in [0.3, 0.4) is 0 Å². The summed E-state index contributed by atoms with van der Waals surface area (Å²) in [5.41, 5.74) is 7.65. The maximum absolute atomic E-state index is 5.73. The average molecular weight is 274 g/mol. The summed E-state index contributed by atoms with van der Waals surface area (Å²) in [6.07, 6.45) is 6.51. The van der Waals surface area contributed by atoms with Crippen molar-refractivity contribution in [3.63, 3.8) is 0 Å². The van der Waals surface area contributed by atoms with E-state index in [2.05, 4.69) is 49.1 Å². The summed E-state index contributed by atoms with van der Waals surface area (Å²) in [5, 5.41) is 0. The second-order valence-electron chi connectivity index (χ2n) is 7.01. The molecule has 1 atom stereocenters. The Morgan fingerprint density at radius 1 is 1.25 bits per heavy atom. The molecule has 0 heterocycles. The van der Waals surface area contributed by atoms with Gasteiger partial charge < -0.3 is 5.73 Å². The second kappa shape index (κ2) is 7.24. The quantitative estimate of drug-likeness (QED) is 0.855. The van der Waals surface area contributed by atoms with Crippen molar-refractivity contribution in [3.8, 4) is 0 Å². The van der Waals surface area contributed by atoms with Crippen LogP contribution in [0.4, 0.5) is 0 Å². The molecule has 0 aliphatic heterocycles. The molecule has 1 unspecified atom stereocenters. The first-order valence-corrected chi connectivity index (χ1v) is 8.09. The molecule has 0 bridgehead atoms. The van der Waals surface area contributed by atoms with Gasteiger partial charge in [-0.05, 0) is 49.8 Å². The van der Waals surface area contributed by atoms with Crippen LogP contribution in [0.25, 0.3) is 0 Å². The number of nitrogens with zero attached hydrogens (tertiary/aromatic N) is 1. The lowest BCUT2D eigenvalue weighted by Crippen LogP contribution is -2.41. The standard InChI is InChI=1S/C18H30N2/c1-18(2)11-6-10-17(14-18)20(13-7-12-19)15-16-8-4-3-5-9-16/h3-5,8-9,17H,6-7,10-15,19H2,1-2H3. The van der Waals surface area contributed by atoms with Gasteiger partial charge in [-0.2, -0.15) is 0 Å². The van der Waals surface area contributed by atoms with Crippen LogP contribution < -0.4 is 5.73 Å². The Hall–Kier alpha value is -0.860. The van der Waals surface area contributed by atoms with Gasteiger partial charge in [-0.25, -0.2) is 0 Å². The van der Waals surface area contributed by atoms with Crippen molar-refractivity contribution >= 4 is 0 Å². The highest BCUT2D eigenvalue weighted by Gasteiger charge is 2.31. The van der Waals surface area contributed by atoms with Gasteiger partial charge >= 0.3 is 0 Å². The molecular weight excluding hydrogens is 244 g/mol. The lowest BCUT2D eigenvalue weighted by Gasteiger charge is -2.41. The van der Waals surface area contributed by atoms with Crippen molar-refractivity contribution in [1.82, 2.24) is 4.90 Å². The van der Waals surface area contributed by atoms with Crippen LogP contribution >= 0.6 is 0 Å². The van der Waals surface area contributed by atoms with E-state index in [0.29, 0.717) is 5.41 Å². The normalized spacial score (nSPS) is 22.1. The first-order chi connectivity index (χ1) is 9.61. The van der Waals surface area contributed by atoms with Crippen molar-refractivity contribution in [2.75, 3.05) is 13.1 Å². The lowest BCUT2D eigenvalue weighted by molar-refractivity contribution is 0.0880. The smallest absolute Gasteiger partial charge is 0.0236 e. The number of hydrogen-bond donors (Lipinski definition) is 1. The van der Waals surface area contributed by atoms with Crippen LogP contribution in [-0.4, -0.2) is 24.0 Å². The molecule has 0 radical (unpaired) electrons. The predicted molar refractivity (Wildman–Crippen MR) is 86.6 cm³/mol. The molecule has 2 heteroatoms. The minimum atomic E-state index is 0.501. The fourth-order valence-electron chi connectivity index (χ4n) is 3.47. The van der Waals surface area contributed by atoms with E-state index in [0.717, 1.165) is 32.1 Å². The van der Waals surface area contributed by atoms with Crippen molar-refractivity contribution in [3.05, 3.63) is 35.9 Å². The molecule has 0 spiro atoms. The van der Waals surface area contributed by atoms with E-state index in [1.807, 2.05) is 0 Å². The fraction of sp³-hybridized carbons (Fsp3) is 0.667.